The van der Waals surface area contributed by atoms with Gasteiger partial charge in [0.15, 0.2) is 0 Å². The molecule has 3 nitrogen and oxygen atoms in total. The van der Waals surface area contributed by atoms with Crippen molar-refractivity contribution in [2.75, 3.05) is 0 Å². The molecule has 2 atom stereocenters. The van der Waals surface area contributed by atoms with Crippen LogP contribution >= 0.6 is 11.6 Å². The Morgan fingerprint density at radius 1 is 1.24 bits per heavy atom. The number of nitrogens with one attached hydrogen (secondary N) is 1. The summed E-state index contributed by atoms with van der Waals surface area (Å²) in [6, 6.07) is 8.23. The van der Waals surface area contributed by atoms with Gasteiger partial charge in [-0.25, -0.2) is 4.79 Å². The van der Waals surface area contributed by atoms with E-state index < -0.39 is 5.60 Å². The lowest BCUT2D eigenvalue weighted by Gasteiger charge is -2.31. The number of benzene rings is 1. The van der Waals surface area contributed by atoms with Crippen molar-refractivity contribution in [3.63, 3.8) is 0 Å². The molecule has 0 saturated heterocycles. The van der Waals surface area contributed by atoms with Crippen LogP contribution < -0.4 is 5.32 Å². The van der Waals surface area contributed by atoms with Crippen LogP contribution in [0.15, 0.2) is 24.3 Å². The van der Waals surface area contributed by atoms with Gasteiger partial charge in [-0.2, -0.15) is 0 Å². The molecule has 1 aliphatic carbocycles. The van der Waals surface area contributed by atoms with E-state index in [1.165, 1.54) is 5.56 Å². The first-order valence-electron chi connectivity index (χ1n) is 7.58. The highest BCUT2D eigenvalue weighted by Crippen LogP contribution is 2.33. The van der Waals surface area contributed by atoms with Gasteiger partial charge in [-0.15, -0.1) is 0 Å². The maximum absolute atomic E-state index is 11.9. The lowest BCUT2D eigenvalue weighted by atomic mass is 9.81. The third kappa shape index (κ3) is 5.24. The zero-order valence-electron chi connectivity index (χ0n) is 13.0. The fraction of sp³-hybridized carbons (Fsp3) is 0.588. The number of halogens is 1. The maximum atomic E-state index is 11.9. The molecule has 1 amide bonds. The van der Waals surface area contributed by atoms with Crippen LogP contribution in [0.1, 0.15) is 57.9 Å². The maximum Gasteiger partial charge on any atom is 0.407 e. The second-order valence-corrected chi connectivity index (χ2v) is 7.19. The van der Waals surface area contributed by atoms with Crippen LogP contribution in [0.25, 0.3) is 0 Å². The van der Waals surface area contributed by atoms with Crippen molar-refractivity contribution >= 4 is 17.7 Å². The fourth-order valence-corrected chi connectivity index (χ4v) is 2.96. The Kier molecular flexibility index (Phi) is 5.15. The molecule has 0 aromatic heterocycles. The number of amides is 1. The number of carbonyl (C=O) groups excluding carboxylic acids is 1. The molecule has 0 heterocycles. The highest BCUT2D eigenvalue weighted by Gasteiger charge is 2.26. The topological polar surface area (TPSA) is 38.3 Å². The predicted molar refractivity (Wildman–Crippen MR) is 85.8 cm³/mol. The number of hydrogen-bond acceptors (Lipinski definition) is 2. The van der Waals surface area contributed by atoms with Crippen molar-refractivity contribution in [3.8, 4) is 0 Å². The molecule has 0 bridgehead atoms. The number of alkyl carbamates (subject to hydrolysis) is 1. The van der Waals surface area contributed by atoms with Gasteiger partial charge in [0, 0.05) is 11.1 Å². The summed E-state index contributed by atoms with van der Waals surface area (Å²) in [5, 5.41) is 3.76. The van der Waals surface area contributed by atoms with Crippen LogP contribution in [0, 0.1) is 0 Å². The molecule has 0 unspecified atom stereocenters. The van der Waals surface area contributed by atoms with Crippen LogP contribution in [0.4, 0.5) is 4.79 Å². The third-order valence-electron chi connectivity index (χ3n) is 3.74. The van der Waals surface area contributed by atoms with E-state index >= 15 is 0 Å². The normalized spacial score (nSPS) is 22.7. The van der Waals surface area contributed by atoms with Crippen molar-refractivity contribution in [2.24, 2.45) is 0 Å². The molecule has 116 valence electrons. The summed E-state index contributed by atoms with van der Waals surface area (Å²) < 4.78 is 5.33. The Hall–Kier alpha value is -1.22. The van der Waals surface area contributed by atoms with Gasteiger partial charge in [0.25, 0.3) is 0 Å². The van der Waals surface area contributed by atoms with Crippen LogP contribution in [-0.4, -0.2) is 17.7 Å². The second kappa shape index (κ2) is 6.69. The zero-order valence-corrected chi connectivity index (χ0v) is 13.7. The number of ether oxygens (including phenoxy) is 1. The highest BCUT2D eigenvalue weighted by molar-refractivity contribution is 6.30. The Morgan fingerprint density at radius 2 is 1.90 bits per heavy atom. The summed E-state index contributed by atoms with van der Waals surface area (Å²) in [4.78, 5) is 11.9. The van der Waals surface area contributed by atoms with Gasteiger partial charge >= 0.3 is 6.09 Å². The molecule has 1 N–H and O–H groups in total. The van der Waals surface area contributed by atoms with Crippen molar-refractivity contribution in [1.29, 1.82) is 0 Å². The molecule has 21 heavy (non-hydrogen) atoms. The largest absolute Gasteiger partial charge is 0.444 e. The van der Waals surface area contributed by atoms with E-state index in [1.54, 1.807) is 0 Å². The van der Waals surface area contributed by atoms with Crippen molar-refractivity contribution in [3.05, 3.63) is 34.9 Å². The van der Waals surface area contributed by atoms with Crippen molar-refractivity contribution < 1.29 is 9.53 Å². The molecular formula is C17H24ClNO2. The standard InChI is InChI=1S/C17H24ClNO2/c1-17(2,3)21-16(20)19-15-6-4-5-13(11-15)12-7-9-14(18)10-8-12/h7-10,13,15H,4-6,11H2,1-3H3,(H,19,20)/t13-,15+/m0/s1. The van der Waals surface area contributed by atoms with Crippen molar-refractivity contribution in [1.82, 2.24) is 5.32 Å². The fourth-order valence-electron chi connectivity index (χ4n) is 2.83. The van der Waals surface area contributed by atoms with Crippen molar-refractivity contribution in [2.45, 2.75) is 64.0 Å². The summed E-state index contributed by atoms with van der Waals surface area (Å²) in [6.07, 6.45) is 3.94. The van der Waals surface area contributed by atoms with Gasteiger partial charge in [-0.05, 0) is 63.6 Å². The molecule has 0 radical (unpaired) electrons. The van der Waals surface area contributed by atoms with E-state index in [0.717, 1.165) is 30.7 Å². The van der Waals surface area contributed by atoms with Gasteiger partial charge in [0.1, 0.15) is 5.60 Å². The Morgan fingerprint density at radius 3 is 2.52 bits per heavy atom. The lowest BCUT2D eigenvalue weighted by molar-refractivity contribution is 0.0490. The van der Waals surface area contributed by atoms with E-state index in [-0.39, 0.29) is 12.1 Å². The highest BCUT2D eigenvalue weighted by atomic mass is 35.5. The smallest absolute Gasteiger partial charge is 0.407 e. The molecule has 1 aliphatic rings. The number of rotatable bonds is 2. The van der Waals surface area contributed by atoms with Gasteiger partial charge in [-0.3, -0.25) is 0 Å². The van der Waals surface area contributed by atoms with Gasteiger partial charge in [0.05, 0.1) is 0 Å². The SMILES string of the molecule is CC(C)(C)OC(=O)N[C@@H]1CCC[C@H](c2ccc(Cl)cc2)C1. The van der Waals surface area contributed by atoms with Crippen LogP contribution in [0.2, 0.25) is 5.02 Å². The summed E-state index contributed by atoms with van der Waals surface area (Å²) in [6.45, 7) is 5.64. The minimum atomic E-state index is -0.450. The molecule has 1 saturated carbocycles. The first-order valence-corrected chi connectivity index (χ1v) is 7.96. The van der Waals surface area contributed by atoms with Gasteiger partial charge in [0.2, 0.25) is 0 Å². The summed E-state index contributed by atoms with van der Waals surface area (Å²) in [5.74, 6) is 0.482. The number of carbonyl (C=O) groups is 1. The summed E-state index contributed by atoms with van der Waals surface area (Å²) in [7, 11) is 0. The molecule has 1 fully saturated rings. The monoisotopic (exact) mass is 309 g/mol. The quantitative estimate of drug-likeness (QED) is 0.844. The minimum Gasteiger partial charge on any atom is -0.444 e. The van der Waals surface area contributed by atoms with Crippen LogP contribution in [0.5, 0.6) is 0 Å². The predicted octanol–water partition coefficient (Wildman–Crippen LogP) is 4.89. The summed E-state index contributed by atoms with van der Waals surface area (Å²) >= 11 is 5.94. The van der Waals surface area contributed by atoms with Crippen LogP contribution in [0.3, 0.4) is 0 Å². The molecule has 0 aliphatic heterocycles. The van der Waals surface area contributed by atoms with Gasteiger partial charge in [-0.1, -0.05) is 30.2 Å². The van der Waals surface area contributed by atoms with E-state index in [2.05, 4.69) is 17.4 Å². The lowest BCUT2D eigenvalue weighted by Crippen LogP contribution is -2.41. The molecule has 1 aromatic rings. The average molecular weight is 310 g/mol. The Bertz CT molecular complexity index is 479. The van der Waals surface area contributed by atoms with E-state index in [4.69, 9.17) is 16.3 Å². The molecule has 0 spiro atoms. The summed E-state index contributed by atoms with van der Waals surface area (Å²) in [5.41, 5.74) is 0.851. The third-order valence-corrected chi connectivity index (χ3v) is 3.99. The number of hydrogen-bond donors (Lipinski definition) is 1. The Balaban J connectivity index is 1.91. The van der Waals surface area contributed by atoms with E-state index in [1.807, 2.05) is 32.9 Å². The zero-order chi connectivity index (χ0) is 15.5. The first kappa shape index (κ1) is 16.2. The van der Waals surface area contributed by atoms with Gasteiger partial charge < -0.3 is 10.1 Å². The first-order chi connectivity index (χ1) is 9.83. The average Bonchev–Trinajstić information content (AvgIpc) is 2.37. The molecule has 4 heteroatoms. The minimum absolute atomic E-state index is 0.189. The molecule has 1 aromatic carbocycles. The Labute approximate surface area is 132 Å². The molecular weight excluding hydrogens is 286 g/mol. The second-order valence-electron chi connectivity index (χ2n) is 6.76. The molecule has 2 rings (SSSR count). The van der Waals surface area contributed by atoms with E-state index in [9.17, 15) is 4.79 Å². The van der Waals surface area contributed by atoms with Crippen LogP contribution in [-0.2, 0) is 4.74 Å². The van der Waals surface area contributed by atoms with E-state index in [0.29, 0.717) is 5.92 Å².